The van der Waals surface area contributed by atoms with Gasteiger partial charge >= 0.3 is 0 Å². The first-order chi connectivity index (χ1) is 16.6. The molecule has 4 rings (SSSR count). The van der Waals surface area contributed by atoms with Gasteiger partial charge in [-0.2, -0.15) is 0 Å². The molecule has 0 fully saturated rings. The number of hydrogen-bond acceptors (Lipinski definition) is 6. The van der Waals surface area contributed by atoms with E-state index < -0.39 is 5.91 Å². The number of hydrogen-bond donors (Lipinski definition) is 2. The first kappa shape index (κ1) is 23.1. The monoisotopic (exact) mass is 462 g/mol. The van der Waals surface area contributed by atoms with E-state index in [9.17, 15) is 9.59 Å². The number of fused-ring (bicyclic) bond motifs is 1. The van der Waals surface area contributed by atoms with Gasteiger partial charge in [-0.15, -0.1) is 0 Å². The summed E-state index contributed by atoms with van der Waals surface area (Å²) in [6.45, 7) is 1.51. The van der Waals surface area contributed by atoms with Crippen molar-refractivity contribution >= 4 is 28.8 Å². The number of anilines is 1. The van der Waals surface area contributed by atoms with Gasteiger partial charge in [-0.3, -0.25) is 14.9 Å². The van der Waals surface area contributed by atoms with Crippen LogP contribution in [0.2, 0.25) is 0 Å². The van der Waals surface area contributed by atoms with Crippen LogP contribution in [0.15, 0.2) is 65.3 Å². The quantitative estimate of drug-likeness (QED) is 0.347. The Hall–Kier alpha value is -4.11. The predicted molar refractivity (Wildman–Crippen MR) is 127 cm³/mol. The van der Waals surface area contributed by atoms with Crippen LogP contribution in [0.25, 0.3) is 11.0 Å². The largest absolute Gasteiger partial charge is 0.497 e. The van der Waals surface area contributed by atoms with Crippen LogP contribution in [0.1, 0.15) is 32.9 Å². The number of carbonyl (C=O) groups excluding carboxylic acids is 2. The SMILES string of the molecule is COCCCn1c(NC(=O)c2ccco2)nc2cc(C(=O)NCc3cccc(OC)c3)ccc21. The van der Waals surface area contributed by atoms with Gasteiger partial charge in [0.25, 0.3) is 11.8 Å². The molecule has 2 N–H and O–H groups in total. The van der Waals surface area contributed by atoms with E-state index in [2.05, 4.69) is 15.6 Å². The number of aryl methyl sites for hydroxylation is 1. The summed E-state index contributed by atoms with van der Waals surface area (Å²) in [5.74, 6) is 0.676. The first-order valence-corrected chi connectivity index (χ1v) is 10.8. The predicted octanol–water partition coefficient (Wildman–Crippen LogP) is 3.86. The average molecular weight is 463 g/mol. The third-order valence-corrected chi connectivity index (χ3v) is 5.30. The Morgan fingerprint density at radius 2 is 1.94 bits per heavy atom. The van der Waals surface area contributed by atoms with Crippen LogP contribution in [0, 0.1) is 0 Å². The van der Waals surface area contributed by atoms with E-state index in [1.54, 1.807) is 38.5 Å². The first-order valence-electron chi connectivity index (χ1n) is 10.8. The van der Waals surface area contributed by atoms with Gasteiger partial charge in [-0.25, -0.2) is 4.98 Å². The molecule has 176 valence electrons. The van der Waals surface area contributed by atoms with Crippen molar-refractivity contribution < 1.29 is 23.5 Å². The van der Waals surface area contributed by atoms with Crippen LogP contribution in [-0.4, -0.2) is 42.2 Å². The Morgan fingerprint density at radius 3 is 2.71 bits per heavy atom. The van der Waals surface area contributed by atoms with Gasteiger partial charge in [0.15, 0.2) is 5.76 Å². The normalized spacial score (nSPS) is 10.9. The number of furan rings is 1. The molecule has 0 saturated heterocycles. The highest BCUT2D eigenvalue weighted by Gasteiger charge is 2.17. The molecule has 0 unspecified atom stereocenters. The highest BCUT2D eigenvalue weighted by Crippen LogP contribution is 2.23. The highest BCUT2D eigenvalue weighted by molar-refractivity contribution is 6.02. The van der Waals surface area contributed by atoms with Crippen molar-refractivity contribution in [1.82, 2.24) is 14.9 Å². The Labute approximate surface area is 196 Å². The van der Waals surface area contributed by atoms with Gasteiger partial charge in [0.05, 0.1) is 24.4 Å². The molecule has 0 bridgehead atoms. The maximum atomic E-state index is 12.8. The van der Waals surface area contributed by atoms with E-state index in [4.69, 9.17) is 13.9 Å². The number of methoxy groups -OCH3 is 2. The number of aromatic nitrogens is 2. The number of nitrogens with zero attached hydrogens (tertiary/aromatic N) is 2. The summed E-state index contributed by atoms with van der Waals surface area (Å²) >= 11 is 0. The molecule has 2 aromatic carbocycles. The third-order valence-electron chi connectivity index (χ3n) is 5.30. The van der Waals surface area contributed by atoms with Crippen molar-refractivity contribution in [3.8, 4) is 5.75 Å². The van der Waals surface area contributed by atoms with Gasteiger partial charge in [0.1, 0.15) is 5.75 Å². The molecule has 0 aliphatic carbocycles. The van der Waals surface area contributed by atoms with E-state index in [0.29, 0.717) is 36.7 Å². The molecular formula is C25H26N4O5. The number of carbonyl (C=O) groups is 2. The van der Waals surface area contributed by atoms with Gasteiger partial charge < -0.3 is 23.8 Å². The number of benzene rings is 2. The zero-order chi connectivity index (χ0) is 23.9. The van der Waals surface area contributed by atoms with Crippen LogP contribution in [0.5, 0.6) is 5.75 Å². The summed E-state index contributed by atoms with van der Waals surface area (Å²) in [7, 11) is 3.24. The maximum absolute atomic E-state index is 12.8. The fourth-order valence-electron chi connectivity index (χ4n) is 3.60. The molecule has 0 atom stereocenters. The lowest BCUT2D eigenvalue weighted by molar-refractivity contribution is 0.0949. The third kappa shape index (κ3) is 5.26. The number of ether oxygens (including phenoxy) is 2. The van der Waals surface area contributed by atoms with E-state index in [1.807, 2.05) is 34.9 Å². The fraction of sp³-hybridized carbons (Fsp3) is 0.240. The second-order valence-corrected chi connectivity index (χ2v) is 7.60. The minimum absolute atomic E-state index is 0.188. The van der Waals surface area contributed by atoms with Crippen LogP contribution in [0.4, 0.5) is 5.95 Å². The molecule has 0 saturated carbocycles. The molecule has 0 aliphatic rings. The van der Waals surface area contributed by atoms with Gasteiger partial charge in [-0.1, -0.05) is 12.1 Å². The van der Waals surface area contributed by atoms with Crippen molar-refractivity contribution in [1.29, 1.82) is 0 Å². The minimum atomic E-state index is -0.399. The van der Waals surface area contributed by atoms with E-state index in [-0.39, 0.29) is 11.7 Å². The lowest BCUT2D eigenvalue weighted by atomic mass is 10.1. The molecule has 0 radical (unpaired) electrons. The van der Waals surface area contributed by atoms with Crippen LogP contribution in [0.3, 0.4) is 0 Å². The molecule has 2 heterocycles. The fourth-order valence-corrected chi connectivity index (χ4v) is 3.60. The van der Waals surface area contributed by atoms with Gasteiger partial charge in [0.2, 0.25) is 5.95 Å². The molecule has 2 amide bonds. The number of imidazole rings is 1. The molecule has 34 heavy (non-hydrogen) atoms. The Morgan fingerprint density at radius 1 is 1.06 bits per heavy atom. The molecule has 2 aromatic heterocycles. The van der Waals surface area contributed by atoms with E-state index in [1.165, 1.54) is 6.26 Å². The van der Waals surface area contributed by atoms with Crippen molar-refractivity contribution in [2.75, 3.05) is 26.1 Å². The number of rotatable bonds is 10. The van der Waals surface area contributed by atoms with E-state index in [0.717, 1.165) is 23.3 Å². The highest BCUT2D eigenvalue weighted by atomic mass is 16.5. The number of nitrogens with one attached hydrogen (secondary N) is 2. The van der Waals surface area contributed by atoms with Crippen LogP contribution in [-0.2, 0) is 17.8 Å². The van der Waals surface area contributed by atoms with Crippen LogP contribution < -0.4 is 15.4 Å². The standard InChI is InChI=1S/C25H26N4O5/c1-32-12-5-11-29-21-10-9-18(23(30)26-16-17-6-3-7-19(14-17)33-2)15-20(21)27-25(29)28-24(31)22-8-4-13-34-22/h3-4,6-10,13-15H,5,11-12,16H2,1-2H3,(H,26,30)(H,27,28,31). The molecule has 9 nitrogen and oxygen atoms in total. The Bertz CT molecular complexity index is 1280. The van der Waals surface area contributed by atoms with Gasteiger partial charge in [0, 0.05) is 32.4 Å². The topological polar surface area (TPSA) is 108 Å². The molecule has 9 heteroatoms. The molecule has 4 aromatic rings. The summed E-state index contributed by atoms with van der Waals surface area (Å²) in [4.78, 5) is 29.9. The van der Waals surface area contributed by atoms with Gasteiger partial charge in [-0.05, 0) is 54.4 Å². The summed E-state index contributed by atoms with van der Waals surface area (Å²) in [5.41, 5.74) is 2.80. The second-order valence-electron chi connectivity index (χ2n) is 7.60. The Balaban J connectivity index is 1.55. The van der Waals surface area contributed by atoms with Crippen molar-refractivity contribution in [3.05, 3.63) is 77.7 Å². The zero-order valence-electron chi connectivity index (χ0n) is 19.0. The summed E-state index contributed by atoms with van der Waals surface area (Å²) in [5, 5.41) is 5.72. The Kier molecular flexibility index (Phi) is 7.24. The minimum Gasteiger partial charge on any atom is -0.497 e. The maximum Gasteiger partial charge on any atom is 0.293 e. The summed E-state index contributed by atoms with van der Waals surface area (Å²) in [6.07, 6.45) is 2.17. The molecule has 0 aliphatic heterocycles. The molecule has 0 spiro atoms. The zero-order valence-corrected chi connectivity index (χ0v) is 19.0. The second kappa shape index (κ2) is 10.7. The van der Waals surface area contributed by atoms with E-state index >= 15 is 0 Å². The van der Waals surface area contributed by atoms with Crippen molar-refractivity contribution in [2.24, 2.45) is 0 Å². The number of amides is 2. The molecular weight excluding hydrogens is 436 g/mol. The van der Waals surface area contributed by atoms with Crippen molar-refractivity contribution in [2.45, 2.75) is 19.5 Å². The average Bonchev–Trinajstić information content (AvgIpc) is 3.51. The van der Waals surface area contributed by atoms with Crippen molar-refractivity contribution in [3.63, 3.8) is 0 Å². The summed E-state index contributed by atoms with van der Waals surface area (Å²) < 4.78 is 17.5. The lowest BCUT2D eigenvalue weighted by Gasteiger charge is -2.10. The summed E-state index contributed by atoms with van der Waals surface area (Å²) in [6, 6.07) is 16.0. The lowest BCUT2D eigenvalue weighted by Crippen LogP contribution is -2.22. The van der Waals surface area contributed by atoms with Crippen LogP contribution >= 0.6 is 0 Å². The smallest absolute Gasteiger partial charge is 0.293 e.